The maximum atomic E-state index is 13.0. The summed E-state index contributed by atoms with van der Waals surface area (Å²) < 4.78 is 0. The molecule has 0 saturated carbocycles. The normalized spacial score (nSPS) is 11.7. The first-order chi connectivity index (χ1) is 13.4. The van der Waals surface area contributed by atoms with Crippen molar-refractivity contribution in [3.8, 4) is 0 Å². The van der Waals surface area contributed by atoms with E-state index in [4.69, 9.17) is 11.6 Å². The minimum absolute atomic E-state index is 0.0559. The quantitative estimate of drug-likeness (QED) is 0.672. The van der Waals surface area contributed by atoms with Gasteiger partial charge in [-0.25, -0.2) is 0 Å². The highest BCUT2D eigenvalue weighted by atomic mass is 35.5. The molecule has 0 saturated heterocycles. The molecule has 2 aromatic rings. The molecule has 2 amide bonds. The van der Waals surface area contributed by atoms with Gasteiger partial charge in [-0.1, -0.05) is 66.6 Å². The average Bonchev–Trinajstić information content (AvgIpc) is 2.70. The van der Waals surface area contributed by atoms with Crippen LogP contribution in [0.5, 0.6) is 0 Å². The highest BCUT2D eigenvalue weighted by Gasteiger charge is 2.26. The van der Waals surface area contributed by atoms with Crippen molar-refractivity contribution in [1.29, 1.82) is 0 Å². The fourth-order valence-corrected chi connectivity index (χ4v) is 3.13. The van der Waals surface area contributed by atoms with Crippen molar-refractivity contribution in [1.82, 2.24) is 10.2 Å². The van der Waals surface area contributed by atoms with E-state index in [1.807, 2.05) is 56.3 Å². The van der Waals surface area contributed by atoms with E-state index in [1.165, 1.54) is 5.56 Å². The SMILES string of the molecule is CCCNC(=O)[C@@H](C)N(Cc1ccccc1Cl)C(=O)CCc1ccc(C)cc1. The van der Waals surface area contributed by atoms with Crippen LogP contribution in [-0.2, 0) is 22.6 Å². The molecule has 0 aliphatic rings. The maximum Gasteiger partial charge on any atom is 0.242 e. The number of nitrogens with one attached hydrogen (secondary N) is 1. The summed E-state index contributed by atoms with van der Waals surface area (Å²) in [5.74, 6) is -0.197. The lowest BCUT2D eigenvalue weighted by Crippen LogP contribution is -2.47. The molecule has 4 nitrogen and oxygen atoms in total. The molecule has 2 aromatic carbocycles. The third-order valence-corrected chi connectivity index (χ3v) is 5.13. The van der Waals surface area contributed by atoms with E-state index >= 15 is 0 Å². The zero-order valence-electron chi connectivity index (χ0n) is 16.9. The summed E-state index contributed by atoms with van der Waals surface area (Å²) in [4.78, 5) is 27.1. The van der Waals surface area contributed by atoms with E-state index < -0.39 is 6.04 Å². The summed E-state index contributed by atoms with van der Waals surface area (Å²) >= 11 is 6.29. The Balaban J connectivity index is 2.13. The Hall–Kier alpha value is -2.33. The second kappa shape index (κ2) is 10.9. The number of halogens is 1. The number of nitrogens with zero attached hydrogens (tertiary/aromatic N) is 1. The van der Waals surface area contributed by atoms with Gasteiger partial charge in [0.1, 0.15) is 6.04 Å². The second-order valence-corrected chi connectivity index (χ2v) is 7.47. The van der Waals surface area contributed by atoms with Crippen LogP contribution in [-0.4, -0.2) is 29.3 Å². The highest BCUT2D eigenvalue weighted by Crippen LogP contribution is 2.19. The van der Waals surface area contributed by atoms with Gasteiger partial charge in [-0.15, -0.1) is 0 Å². The average molecular weight is 401 g/mol. The van der Waals surface area contributed by atoms with Gasteiger partial charge in [0, 0.05) is 24.5 Å². The minimum Gasteiger partial charge on any atom is -0.354 e. The van der Waals surface area contributed by atoms with Crippen LogP contribution in [0, 0.1) is 6.92 Å². The van der Waals surface area contributed by atoms with Gasteiger partial charge < -0.3 is 10.2 Å². The molecule has 0 aliphatic carbocycles. The van der Waals surface area contributed by atoms with E-state index in [0.717, 1.165) is 17.5 Å². The Morgan fingerprint density at radius 2 is 1.79 bits per heavy atom. The molecule has 0 heterocycles. The predicted octanol–water partition coefficient (Wildman–Crippen LogP) is 4.52. The number of hydrogen-bond acceptors (Lipinski definition) is 2. The van der Waals surface area contributed by atoms with Crippen LogP contribution < -0.4 is 5.32 Å². The molecule has 1 atom stereocenters. The number of benzene rings is 2. The van der Waals surface area contributed by atoms with Gasteiger partial charge in [-0.05, 0) is 43.9 Å². The molecular formula is C23H29ClN2O2. The molecule has 0 spiro atoms. The van der Waals surface area contributed by atoms with Gasteiger partial charge in [-0.3, -0.25) is 9.59 Å². The number of aryl methyl sites for hydroxylation is 2. The third-order valence-electron chi connectivity index (χ3n) is 4.76. The summed E-state index contributed by atoms with van der Waals surface area (Å²) in [6, 6.07) is 15.0. The van der Waals surface area contributed by atoms with Gasteiger partial charge in [0.2, 0.25) is 11.8 Å². The molecule has 0 aliphatic heterocycles. The smallest absolute Gasteiger partial charge is 0.242 e. The van der Waals surface area contributed by atoms with E-state index in [9.17, 15) is 9.59 Å². The third kappa shape index (κ3) is 6.38. The molecule has 2 rings (SSSR count). The summed E-state index contributed by atoms with van der Waals surface area (Å²) in [6.07, 6.45) is 1.84. The van der Waals surface area contributed by atoms with Crippen molar-refractivity contribution in [3.05, 3.63) is 70.2 Å². The minimum atomic E-state index is -0.562. The first kappa shape index (κ1) is 22.0. The fraction of sp³-hybridized carbons (Fsp3) is 0.391. The van der Waals surface area contributed by atoms with Crippen molar-refractivity contribution in [2.75, 3.05) is 6.54 Å². The zero-order chi connectivity index (χ0) is 20.5. The highest BCUT2D eigenvalue weighted by molar-refractivity contribution is 6.31. The molecule has 0 aromatic heterocycles. The largest absolute Gasteiger partial charge is 0.354 e. The second-order valence-electron chi connectivity index (χ2n) is 7.07. The molecule has 28 heavy (non-hydrogen) atoms. The molecule has 5 heteroatoms. The number of amides is 2. The molecule has 0 fully saturated rings. The van der Waals surface area contributed by atoms with Gasteiger partial charge in [0.25, 0.3) is 0 Å². The summed E-state index contributed by atoms with van der Waals surface area (Å²) in [7, 11) is 0. The van der Waals surface area contributed by atoms with E-state index in [0.29, 0.717) is 31.0 Å². The topological polar surface area (TPSA) is 49.4 Å². The lowest BCUT2D eigenvalue weighted by atomic mass is 10.1. The molecule has 1 N–H and O–H groups in total. The fourth-order valence-electron chi connectivity index (χ4n) is 2.94. The Labute approximate surface area is 172 Å². The lowest BCUT2D eigenvalue weighted by Gasteiger charge is -2.29. The van der Waals surface area contributed by atoms with Crippen molar-refractivity contribution in [2.45, 2.75) is 52.6 Å². The predicted molar refractivity (Wildman–Crippen MR) is 114 cm³/mol. The Kier molecular flexibility index (Phi) is 8.52. The Bertz CT molecular complexity index is 789. The van der Waals surface area contributed by atoms with Gasteiger partial charge >= 0.3 is 0 Å². The summed E-state index contributed by atoms with van der Waals surface area (Å²) in [6.45, 7) is 6.72. The molecule has 0 unspecified atom stereocenters. The van der Waals surface area contributed by atoms with Crippen LogP contribution in [0.4, 0.5) is 0 Å². The number of carbonyl (C=O) groups is 2. The lowest BCUT2D eigenvalue weighted by molar-refractivity contribution is -0.140. The van der Waals surface area contributed by atoms with Crippen LogP contribution in [0.15, 0.2) is 48.5 Å². The van der Waals surface area contributed by atoms with Crippen LogP contribution in [0.25, 0.3) is 0 Å². The number of carbonyl (C=O) groups excluding carboxylic acids is 2. The Morgan fingerprint density at radius 1 is 1.11 bits per heavy atom. The van der Waals surface area contributed by atoms with E-state index in [2.05, 4.69) is 5.32 Å². The van der Waals surface area contributed by atoms with E-state index in [-0.39, 0.29) is 11.8 Å². The van der Waals surface area contributed by atoms with Crippen LogP contribution in [0.3, 0.4) is 0 Å². The van der Waals surface area contributed by atoms with Crippen molar-refractivity contribution >= 4 is 23.4 Å². The van der Waals surface area contributed by atoms with Crippen molar-refractivity contribution in [3.63, 3.8) is 0 Å². The van der Waals surface area contributed by atoms with E-state index in [1.54, 1.807) is 17.9 Å². The summed E-state index contributed by atoms with van der Waals surface area (Å²) in [5, 5.41) is 3.48. The maximum absolute atomic E-state index is 13.0. The first-order valence-corrected chi connectivity index (χ1v) is 10.2. The molecule has 150 valence electrons. The monoisotopic (exact) mass is 400 g/mol. The van der Waals surface area contributed by atoms with Crippen LogP contribution in [0.2, 0.25) is 5.02 Å². The van der Waals surface area contributed by atoms with Crippen LogP contribution >= 0.6 is 11.6 Å². The molecule has 0 radical (unpaired) electrons. The van der Waals surface area contributed by atoms with Crippen LogP contribution in [0.1, 0.15) is 43.4 Å². The zero-order valence-corrected chi connectivity index (χ0v) is 17.6. The number of rotatable bonds is 9. The molecular weight excluding hydrogens is 372 g/mol. The van der Waals surface area contributed by atoms with Crippen molar-refractivity contribution in [2.24, 2.45) is 0 Å². The Morgan fingerprint density at radius 3 is 2.43 bits per heavy atom. The van der Waals surface area contributed by atoms with Gasteiger partial charge in [0.05, 0.1) is 0 Å². The van der Waals surface area contributed by atoms with Crippen molar-refractivity contribution < 1.29 is 9.59 Å². The standard InChI is InChI=1S/C23H29ClN2O2/c1-4-15-25-23(28)18(3)26(16-20-7-5-6-8-21(20)24)22(27)14-13-19-11-9-17(2)10-12-19/h5-12,18H,4,13-16H2,1-3H3,(H,25,28)/t18-/m1/s1. The summed E-state index contributed by atoms with van der Waals surface area (Å²) in [5.41, 5.74) is 3.14. The van der Waals surface area contributed by atoms with Gasteiger partial charge in [-0.2, -0.15) is 0 Å². The first-order valence-electron chi connectivity index (χ1n) is 9.78. The number of hydrogen-bond donors (Lipinski definition) is 1. The van der Waals surface area contributed by atoms with Gasteiger partial charge in [0.15, 0.2) is 0 Å². The molecule has 0 bridgehead atoms.